The summed E-state index contributed by atoms with van der Waals surface area (Å²) >= 11 is 0. The largest absolute Gasteiger partial charge is 0.352 e. The third-order valence-electron chi connectivity index (χ3n) is 9.51. The molecular weight excluding hydrogens is 514 g/mol. The van der Waals surface area contributed by atoms with E-state index in [2.05, 4.69) is 55.6 Å². The Labute approximate surface area is 256 Å². The number of carbonyl (C=O) groups is 2. The number of hydrogen-bond donors (Lipinski definition) is 1. The van der Waals surface area contributed by atoms with E-state index in [4.69, 9.17) is 0 Å². The van der Waals surface area contributed by atoms with Crippen LogP contribution in [0.5, 0.6) is 0 Å². The van der Waals surface area contributed by atoms with Crippen molar-refractivity contribution in [2.45, 2.75) is 124 Å². The quantitative estimate of drug-likeness (QED) is 0.182. The van der Waals surface area contributed by atoms with Gasteiger partial charge in [0.25, 0.3) is 5.91 Å². The number of allylic oxidation sites excluding steroid dienone is 1. The molecule has 2 aromatic carbocycles. The van der Waals surface area contributed by atoms with Crippen LogP contribution in [0, 0.1) is 17.3 Å². The summed E-state index contributed by atoms with van der Waals surface area (Å²) in [6.07, 6.45) is 23.1. The highest BCUT2D eigenvalue weighted by Gasteiger charge is 2.23. The van der Waals surface area contributed by atoms with Crippen LogP contribution < -0.4 is 5.32 Å². The highest BCUT2D eigenvalue weighted by atomic mass is 16.1. The van der Waals surface area contributed by atoms with Gasteiger partial charge < -0.3 is 5.32 Å². The summed E-state index contributed by atoms with van der Waals surface area (Å²) in [6, 6.07) is 12.6. The second kappa shape index (κ2) is 15.7. The molecule has 0 heterocycles. The number of ketones is 1. The first-order valence-electron chi connectivity index (χ1n) is 17.0. The van der Waals surface area contributed by atoms with Crippen molar-refractivity contribution in [1.29, 1.82) is 0 Å². The van der Waals surface area contributed by atoms with Crippen LogP contribution in [0.2, 0.25) is 0 Å². The first-order chi connectivity index (χ1) is 20.2. The number of rotatable bonds is 14. The van der Waals surface area contributed by atoms with Crippen LogP contribution in [0.25, 0.3) is 6.08 Å². The number of amides is 1. The van der Waals surface area contributed by atoms with E-state index in [1.165, 1.54) is 93.7 Å². The minimum Gasteiger partial charge on any atom is -0.352 e. The van der Waals surface area contributed by atoms with Crippen molar-refractivity contribution in [2.75, 3.05) is 6.54 Å². The second-order valence-corrected chi connectivity index (χ2v) is 14.0. The summed E-state index contributed by atoms with van der Waals surface area (Å²) in [5, 5.41) is 3.16. The molecule has 228 valence electrons. The van der Waals surface area contributed by atoms with Crippen molar-refractivity contribution in [2.24, 2.45) is 17.3 Å². The van der Waals surface area contributed by atoms with E-state index < -0.39 is 0 Å². The summed E-state index contributed by atoms with van der Waals surface area (Å²) in [7, 11) is 0. The molecule has 42 heavy (non-hydrogen) atoms. The fourth-order valence-electron chi connectivity index (χ4n) is 6.90. The zero-order valence-corrected chi connectivity index (χ0v) is 26.9. The number of fused-ring (bicyclic) bond motifs is 2. The van der Waals surface area contributed by atoms with Crippen LogP contribution in [-0.2, 0) is 19.3 Å². The van der Waals surface area contributed by atoms with Crippen molar-refractivity contribution in [3.8, 4) is 0 Å². The van der Waals surface area contributed by atoms with Gasteiger partial charge in [0.15, 0.2) is 5.78 Å². The molecule has 3 heteroatoms. The number of nitrogens with one attached hydrogen (secondary N) is 1. The molecule has 2 aromatic rings. The fraction of sp³-hybridized carbons (Fsp3) is 0.590. The smallest absolute Gasteiger partial charge is 0.251 e. The Morgan fingerprint density at radius 1 is 0.857 bits per heavy atom. The van der Waals surface area contributed by atoms with Crippen LogP contribution in [-0.4, -0.2) is 18.2 Å². The number of hydrogen-bond acceptors (Lipinski definition) is 2. The van der Waals surface area contributed by atoms with E-state index in [-0.39, 0.29) is 23.0 Å². The molecule has 0 fully saturated rings. The summed E-state index contributed by atoms with van der Waals surface area (Å²) < 4.78 is 0. The van der Waals surface area contributed by atoms with E-state index in [0.29, 0.717) is 0 Å². The fourth-order valence-corrected chi connectivity index (χ4v) is 6.90. The van der Waals surface area contributed by atoms with Crippen LogP contribution in [0.3, 0.4) is 0 Å². The summed E-state index contributed by atoms with van der Waals surface area (Å²) in [5.41, 5.74) is 7.14. The van der Waals surface area contributed by atoms with Gasteiger partial charge in [-0.15, -0.1) is 0 Å². The molecule has 1 N–H and O–H groups in total. The van der Waals surface area contributed by atoms with Gasteiger partial charge in [-0.05, 0) is 84.2 Å². The number of benzene rings is 2. The lowest BCUT2D eigenvalue weighted by Crippen LogP contribution is -2.26. The van der Waals surface area contributed by atoms with Gasteiger partial charge in [0.1, 0.15) is 0 Å². The Kier molecular flexibility index (Phi) is 12.0. The normalized spacial score (nSPS) is 17.7. The third kappa shape index (κ3) is 9.41. The van der Waals surface area contributed by atoms with Crippen LogP contribution >= 0.6 is 0 Å². The van der Waals surface area contributed by atoms with Gasteiger partial charge >= 0.3 is 0 Å². The van der Waals surface area contributed by atoms with E-state index in [0.717, 1.165) is 48.4 Å². The predicted octanol–water partition coefficient (Wildman–Crippen LogP) is 9.95. The molecule has 0 saturated carbocycles. The molecule has 3 nitrogen and oxygen atoms in total. The molecule has 2 aliphatic carbocycles. The Morgan fingerprint density at radius 3 is 2.36 bits per heavy atom. The molecule has 1 amide bonds. The first kappa shape index (κ1) is 32.2. The maximum absolute atomic E-state index is 12.8. The summed E-state index contributed by atoms with van der Waals surface area (Å²) in [6.45, 7) is 9.23. The maximum atomic E-state index is 12.8. The van der Waals surface area contributed by atoms with Gasteiger partial charge in [-0.2, -0.15) is 0 Å². The van der Waals surface area contributed by atoms with Crippen molar-refractivity contribution >= 4 is 17.8 Å². The lowest BCUT2D eigenvalue weighted by molar-refractivity contribution is 0.0935. The van der Waals surface area contributed by atoms with Crippen LogP contribution in [0.15, 0.2) is 42.5 Å². The number of carbonyl (C=O) groups excluding carboxylic acids is 2. The lowest BCUT2D eigenvalue weighted by Gasteiger charge is -2.27. The van der Waals surface area contributed by atoms with E-state index >= 15 is 0 Å². The molecule has 1 unspecified atom stereocenters. The van der Waals surface area contributed by atoms with Gasteiger partial charge in [0.2, 0.25) is 0 Å². The van der Waals surface area contributed by atoms with Gasteiger partial charge in [-0.1, -0.05) is 122 Å². The number of aryl methyl sites for hydroxylation is 2. The number of unbranched alkanes of at least 4 members (excludes halogenated alkanes) is 7. The van der Waals surface area contributed by atoms with Crippen molar-refractivity contribution in [1.82, 2.24) is 5.32 Å². The zero-order valence-electron chi connectivity index (χ0n) is 26.9. The van der Waals surface area contributed by atoms with Crippen molar-refractivity contribution in [3.63, 3.8) is 0 Å². The Balaban J connectivity index is 1.03. The molecule has 0 aliphatic heterocycles. The minimum absolute atomic E-state index is 0.0666. The van der Waals surface area contributed by atoms with Gasteiger partial charge in [0.05, 0.1) is 0 Å². The van der Waals surface area contributed by atoms with Gasteiger partial charge in [0, 0.05) is 23.6 Å². The van der Waals surface area contributed by atoms with Crippen LogP contribution in [0.4, 0.5) is 0 Å². The molecule has 0 aromatic heterocycles. The number of Topliss-reactive ketones (excluding diaryl/α,β-unsaturated/α-hetero) is 1. The van der Waals surface area contributed by atoms with E-state index in [1.807, 2.05) is 26.0 Å². The predicted molar refractivity (Wildman–Crippen MR) is 177 cm³/mol. The Hall–Kier alpha value is -2.68. The highest BCUT2D eigenvalue weighted by molar-refractivity contribution is 5.98. The molecule has 2 aliphatic rings. The molecule has 0 bridgehead atoms. The molecule has 4 rings (SSSR count). The Bertz CT molecular complexity index is 1220. The average molecular weight is 570 g/mol. The minimum atomic E-state index is 0.0666. The molecule has 0 spiro atoms. The molecule has 0 radical (unpaired) electrons. The zero-order chi connectivity index (χ0) is 30.0. The lowest BCUT2D eigenvalue weighted by atomic mass is 9.78. The molecular formula is C39H55NO2. The maximum Gasteiger partial charge on any atom is 0.251 e. The van der Waals surface area contributed by atoms with E-state index in [1.54, 1.807) is 0 Å². The first-order valence-corrected chi connectivity index (χ1v) is 17.0. The SMILES string of the molecule is CC(C)C(=O)c1ccc2c(c1)CCCC(CCCCCCCCCCNC(=O)c1cccc3c1C=CC(C)(C)C3)CC2. The van der Waals surface area contributed by atoms with Gasteiger partial charge in [-0.3, -0.25) is 9.59 Å². The van der Waals surface area contributed by atoms with Crippen molar-refractivity contribution < 1.29 is 9.59 Å². The van der Waals surface area contributed by atoms with Crippen molar-refractivity contribution in [3.05, 3.63) is 75.9 Å². The summed E-state index contributed by atoms with van der Waals surface area (Å²) in [5.74, 6) is 1.26. The van der Waals surface area contributed by atoms with E-state index in [9.17, 15) is 9.59 Å². The molecule has 1 atom stereocenters. The Morgan fingerprint density at radius 2 is 1.60 bits per heavy atom. The van der Waals surface area contributed by atoms with Crippen LogP contribution in [0.1, 0.15) is 148 Å². The topological polar surface area (TPSA) is 46.2 Å². The van der Waals surface area contributed by atoms with Gasteiger partial charge in [-0.25, -0.2) is 0 Å². The summed E-state index contributed by atoms with van der Waals surface area (Å²) in [4.78, 5) is 25.2. The molecule has 0 saturated heterocycles. The monoisotopic (exact) mass is 569 g/mol. The third-order valence-corrected chi connectivity index (χ3v) is 9.51. The average Bonchev–Trinajstić information content (AvgIpc) is 2.95. The second-order valence-electron chi connectivity index (χ2n) is 14.0. The highest BCUT2D eigenvalue weighted by Crippen LogP contribution is 2.33. The standard InChI is InChI=1S/C39H55NO2/c1-29(2)37(41)33-23-22-31-21-20-30(16-13-17-32(31)27-33)15-11-9-7-5-6-8-10-12-26-40-38(42)36-19-14-18-34-28-39(3,4)25-24-35(34)36/h14,18-19,22-25,27,29-30H,5-13,15-17,20-21,26,28H2,1-4H3,(H,40,42).